The molecule has 1 aromatic heterocycles. The summed E-state index contributed by atoms with van der Waals surface area (Å²) in [6, 6.07) is 13.0. The Labute approximate surface area is 209 Å². The summed E-state index contributed by atoms with van der Waals surface area (Å²) in [5, 5.41) is 10.2. The minimum Gasteiger partial charge on any atom is -0.350 e. The Bertz CT molecular complexity index is 1440. The van der Waals surface area contributed by atoms with E-state index in [-0.39, 0.29) is 32.3 Å². The fourth-order valence-corrected chi connectivity index (χ4v) is 4.48. The van der Waals surface area contributed by atoms with Crippen LogP contribution in [0.3, 0.4) is 0 Å². The van der Waals surface area contributed by atoms with Gasteiger partial charge in [-0.1, -0.05) is 40.9 Å². The topological polar surface area (TPSA) is 121 Å². The number of amides is 2. The summed E-state index contributed by atoms with van der Waals surface area (Å²) in [6.45, 7) is 1.79. The van der Waals surface area contributed by atoms with E-state index < -0.39 is 21.8 Å². The summed E-state index contributed by atoms with van der Waals surface area (Å²) in [7, 11) is -3.96. The molecule has 34 heavy (non-hydrogen) atoms. The molecule has 174 valence electrons. The van der Waals surface area contributed by atoms with E-state index in [1.54, 1.807) is 19.1 Å². The average Bonchev–Trinajstić information content (AvgIpc) is 3.01. The predicted molar refractivity (Wildman–Crippen MR) is 129 cm³/mol. The van der Waals surface area contributed by atoms with Crippen molar-refractivity contribution in [2.24, 2.45) is 0 Å². The lowest BCUT2D eigenvalue weighted by Gasteiger charge is -2.16. The first kappa shape index (κ1) is 24.0. The molecule has 2 amide bonds. The van der Waals surface area contributed by atoms with Crippen LogP contribution in [0, 0.1) is 6.92 Å². The molecule has 0 unspecified atom stereocenters. The van der Waals surface area contributed by atoms with E-state index in [4.69, 9.17) is 34.8 Å². The van der Waals surface area contributed by atoms with E-state index >= 15 is 0 Å². The number of carbonyl (C=O) groups excluding carboxylic acids is 2. The molecular formula is C21H14Cl3N5O4S. The maximum Gasteiger partial charge on any atom is 0.283 e. The zero-order chi connectivity index (χ0) is 24.6. The Morgan fingerprint density at radius 3 is 2.21 bits per heavy atom. The maximum absolute atomic E-state index is 12.9. The largest absolute Gasteiger partial charge is 0.350 e. The number of aryl methyl sites for hydroxylation is 1. The predicted octanol–water partition coefficient (Wildman–Crippen LogP) is 4.33. The van der Waals surface area contributed by atoms with Gasteiger partial charge in [-0.05, 0) is 61.0 Å². The molecule has 13 heteroatoms. The van der Waals surface area contributed by atoms with Crippen LogP contribution in [-0.2, 0) is 19.6 Å². The van der Waals surface area contributed by atoms with Crippen molar-refractivity contribution in [1.82, 2.24) is 10.2 Å². The number of rotatable bonds is 6. The van der Waals surface area contributed by atoms with Crippen molar-refractivity contribution in [3.8, 4) is 0 Å². The molecule has 0 spiro atoms. The van der Waals surface area contributed by atoms with Gasteiger partial charge in [0.15, 0.2) is 11.0 Å². The van der Waals surface area contributed by atoms with Gasteiger partial charge in [0, 0.05) is 10.7 Å². The highest BCUT2D eigenvalue weighted by Gasteiger charge is 2.39. The molecule has 2 aromatic carbocycles. The molecule has 4 rings (SSSR count). The summed E-state index contributed by atoms with van der Waals surface area (Å²) in [4.78, 5) is 26.4. The minimum absolute atomic E-state index is 0.00472. The summed E-state index contributed by atoms with van der Waals surface area (Å²) in [6.07, 6.45) is 0. The number of sulfonamides is 1. The van der Waals surface area contributed by atoms with E-state index in [1.807, 2.05) is 0 Å². The highest BCUT2D eigenvalue weighted by Crippen LogP contribution is 2.32. The molecule has 0 fully saturated rings. The van der Waals surface area contributed by atoms with Gasteiger partial charge in [-0.15, -0.1) is 10.2 Å². The summed E-state index contributed by atoms with van der Waals surface area (Å²) in [5.41, 5.74) is 1.25. The fourth-order valence-electron chi connectivity index (χ4n) is 3.00. The third-order valence-corrected chi connectivity index (χ3v) is 7.08. The lowest BCUT2D eigenvalue weighted by atomic mass is 10.2. The normalized spacial score (nSPS) is 14.1. The number of benzene rings is 2. The van der Waals surface area contributed by atoms with Crippen LogP contribution in [0.15, 0.2) is 70.2 Å². The van der Waals surface area contributed by atoms with Gasteiger partial charge in [0.1, 0.15) is 10.7 Å². The van der Waals surface area contributed by atoms with Gasteiger partial charge >= 0.3 is 0 Å². The first-order chi connectivity index (χ1) is 16.1. The minimum atomic E-state index is -3.96. The van der Waals surface area contributed by atoms with Crippen LogP contribution >= 0.6 is 34.8 Å². The highest BCUT2D eigenvalue weighted by molar-refractivity contribution is 7.92. The molecular weight excluding hydrogens is 525 g/mol. The van der Waals surface area contributed by atoms with Gasteiger partial charge in [-0.2, -0.15) is 0 Å². The first-order valence-corrected chi connectivity index (χ1v) is 12.1. The van der Waals surface area contributed by atoms with Gasteiger partial charge in [-0.25, -0.2) is 13.3 Å². The Hall–Kier alpha value is -3.18. The van der Waals surface area contributed by atoms with Crippen molar-refractivity contribution >= 4 is 73.8 Å². The van der Waals surface area contributed by atoms with Crippen molar-refractivity contribution < 1.29 is 18.0 Å². The van der Waals surface area contributed by atoms with Crippen LogP contribution in [-0.4, -0.2) is 30.4 Å². The number of nitrogens with zero attached hydrogens (tertiary/aromatic N) is 3. The monoisotopic (exact) mass is 537 g/mol. The van der Waals surface area contributed by atoms with Crippen molar-refractivity contribution in [2.45, 2.75) is 11.8 Å². The molecule has 0 aliphatic carbocycles. The number of carbonyl (C=O) groups is 2. The van der Waals surface area contributed by atoms with Gasteiger partial charge in [0.25, 0.3) is 21.8 Å². The van der Waals surface area contributed by atoms with Gasteiger partial charge in [-0.3, -0.25) is 14.3 Å². The maximum atomic E-state index is 12.9. The van der Waals surface area contributed by atoms with Crippen LogP contribution < -0.4 is 14.9 Å². The number of hydrogen-bond donors (Lipinski definition) is 2. The lowest BCUT2D eigenvalue weighted by molar-refractivity contribution is -0.120. The fraction of sp³-hybridized carbons (Fsp3) is 0.0476. The quantitative estimate of drug-likeness (QED) is 0.448. The van der Waals surface area contributed by atoms with Crippen molar-refractivity contribution in [3.05, 3.63) is 81.1 Å². The second kappa shape index (κ2) is 9.22. The Kier molecular flexibility index (Phi) is 6.50. The van der Waals surface area contributed by atoms with E-state index in [0.29, 0.717) is 10.7 Å². The Balaban J connectivity index is 1.52. The van der Waals surface area contributed by atoms with Crippen LogP contribution in [0.5, 0.6) is 0 Å². The van der Waals surface area contributed by atoms with Gasteiger partial charge in [0.05, 0.1) is 10.6 Å². The molecule has 9 nitrogen and oxygen atoms in total. The number of anilines is 3. The summed E-state index contributed by atoms with van der Waals surface area (Å²) in [5.74, 6) is -1.38. The van der Waals surface area contributed by atoms with Crippen LogP contribution in [0.2, 0.25) is 10.2 Å². The van der Waals surface area contributed by atoms with E-state index in [0.717, 1.165) is 10.5 Å². The standard InChI is InChI=1S/C21H14Cl3N5O4S/c1-11-2-5-13(10-15(11)22)29-20(30)18(24)19(21(29)31)25-12-3-6-14(7-4-12)34(32,33)28-17-9-8-16(23)26-27-17/h2-10,25H,1H3,(H,27,28). The average molecular weight is 539 g/mol. The summed E-state index contributed by atoms with van der Waals surface area (Å²) < 4.78 is 27.4. The molecule has 0 saturated carbocycles. The van der Waals surface area contributed by atoms with Crippen LogP contribution in [0.4, 0.5) is 17.2 Å². The Morgan fingerprint density at radius 2 is 1.59 bits per heavy atom. The molecule has 0 radical (unpaired) electrons. The van der Waals surface area contributed by atoms with Crippen molar-refractivity contribution in [2.75, 3.05) is 14.9 Å². The smallest absolute Gasteiger partial charge is 0.283 e. The molecule has 1 aliphatic rings. The highest BCUT2D eigenvalue weighted by atomic mass is 35.5. The molecule has 0 atom stereocenters. The van der Waals surface area contributed by atoms with Crippen molar-refractivity contribution in [1.29, 1.82) is 0 Å². The zero-order valence-corrected chi connectivity index (χ0v) is 20.3. The lowest BCUT2D eigenvalue weighted by Crippen LogP contribution is -2.32. The number of halogens is 3. The summed E-state index contributed by atoms with van der Waals surface area (Å²) >= 11 is 17.9. The third-order valence-electron chi connectivity index (χ3n) is 4.75. The van der Waals surface area contributed by atoms with E-state index in [1.165, 1.54) is 42.5 Å². The molecule has 1 aliphatic heterocycles. The molecule has 2 heterocycles. The second-order valence-electron chi connectivity index (χ2n) is 7.06. The second-order valence-corrected chi connectivity index (χ2v) is 9.92. The number of imide groups is 1. The van der Waals surface area contributed by atoms with Crippen LogP contribution in [0.25, 0.3) is 0 Å². The third kappa shape index (κ3) is 4.71. The molecule has 0 bridgehead atoms. The Morgan fingerprint density at radius 1 is 0.882 bits per heavy atom. The number of aromatic nitrogens is 2. The molecule has 0 saturated heterocycles. The molecule has 3 aromatic rings. The zero-order valence-electron chi connectivity index (χ0n) is 17.2. The van der Waals surface area contributed by atoms with E-state index in [2.05, 4.69) is 20.2 Å². The van der Waals surface area contributed by atoms with E-state index in [9.17, 15) is 18.0 Å². The SMILES string of the molecule is Cc1ccc(N2C(=O)C(Cl)=C(Nc3ccc(S(=O)(=O)Nc4ccc(Cl)nn4)cc3)C2=O)cc1Cl. The molecule has 2 N–H and O–H groups in total. The first-order valence-electron chi connectivity index (χ1n) is 9.50. The van der Waals surface area contributed by atoms with Crippen molar-refractivity contribution in [3.63, 3.8) is 0 Å². The number of hydrogen-bond acceptors (Lipinski definition) is 7. The van der Waals surface area contributed by atoms with Crippen LogP contribution in [0.1, 0.15) is 5.56 Å². The number of nitrogens with one attached hydrogen (secondary N) is 2. The van der Waals surface area contributed by atoms with Gasteiger partial charge < -0.3 is 5.32 Å². The van der Waals surface area contributed by atoms with Gasteiger partial charge in [0.2, 0.25) is 0 Å².